The molecule has 0 aliphatic rings. The molecule has 1 aromatic heterocycles. The summed E-state index contributed by atoms with van der Waals surface area (Å²) in [5.74, 6) is -0.421. The van der Waals surface area contributed by atoms with Gasteiger partial charge in [0.15, 0.2) is 11.5 Å². The van der Waals surface area contributed by atoms with Gasteiger partial charge in [-0.25, -0.2) is 9.59 Å². The van der Waals surface area contributed by atoms with Gasteiger partial charge in [-0.05, 0) is 43.3 Å². The van der Waals surface area contributed by atoms with Crippen LogP contribution < -0.4 is 25.4 Å². The van der Waals surface area contributed by atoms with Gasteiger partial charge in [-0.15, -0.1) is 0 Å². The normalized spacial score (nSPS) is 10.1. The Morgan fingerprint density at radius 2 is 1.56 bits per heavy atom. The molecule has 3 rings (SSSR count). The molecule has 176 valence electrons. The molecule has 3 aromatic rings. The number of hydrogen-bond acceptors (Lipinski definition) is 7. The summed E-state index contributed by atoms with van der Waals surface area (Å²) in [6.07, 6.45) is 3.12. The molecule has 10 heteroatoms. The predicted molar refractivity (Wildman–Crippen MR) is 127 cm³/mol. The smallest absolute Gasteiger partial charge is 0.340 e. The van der Waals surface area contributed by atoms with Gasteiger partial charge >= 0.3 is 12.0 Å². The number of urea groups is 1. The van der Waals surface area contributed by atoms with E-state index >= 15 is 0 Å². The van der Waals surface area contributed by atoms with Crippen LogP contribution in [0, 0.1) is 0 Å². The average molecular weight is 464 g/mol. The molecule has 3 N–H and O–H groups in total. The van der Waals surface area contributed by atoms with E-state index in [9.17, 15) is 14.4 Å². The van der Waals surface area contributed by atoms with Crippen molar-refractivity contribution in [1.29, 1.82) is 0 Å². The standard InChI is InChI=1S/C24H24N4O6/c1-4-34-23(30)18-12-20(32-2)21(33-3)13-19(18)28-22(29)15-7-9-16(10-8-15)26-24(31)27-17-6-5-11-25-14-17/h5-14H,4H2,1-3H3,(H,28,29)(H2,26,27,31). The molecule has 34 heavy (non-hydrogen) atoms. The van der Waals surface area contributed by atoms with E-state index in [0.717, 1.165) is 0 Å². The first-order valence-electron chi connectivity index (χ1n) is 10.3. The third-order valence-electron chi connectivity index (χ3n) is 4.59. The Bertz CT molecular complexity index is 1170. The van der Waals surface area contributed by atoms with Crippen molar-refractivity contribution in [2.75, 3.05) is 36.8 Å². The van der Waals surface area contributed by atoms with Crippen LogP contribution in [0.2, 0.25) is 0 Å². The Hall–Kier alpha value is -4.60. The summed E-state index contributed by atoms with van der Waals surface area (Å²) in [5.41, 5.74) is 1.67. The van der Waals surface area contributed by atoms with Crippen molar-refractivity contribution in [3.05, 3.63) is 72.1 Å². The lowest BCUT2D eigenvalue weighted by Gasteiger charge is -2.15. The van der Waals surface area contributed by atoms with Crippen molar-refractivity contribution in [3.8, 4) is 11.5 Å². The number of carbonyl (C=O) groups is 3. The first-order chi connectivity index (χ1) is 16.4. The van der Waals surface area contributed by atoms with Crippen LogP contribution in [0.15, 0.2) is 60.9 Å². The Kier molecular flexibility index (Phi) is 8.01. The summed E-state index contributed by atoms with van der Waals surface area (Å²) >= 11 is 0. The fourth-order valence-corrected chi connectivity index (χ4v) is 2.99. The van der Waals surface area contributed by atoms with Crippen LogP contribution in [0.4, 0.5) is 21.9 Å². The molecule has 0 fully saturated rings. The third kappa shape index (κ3) is 6.00. The minimum absolute atomic E-state index is 0.123. The van der Waals surface area contributed by atoms with Crippen molar-refractivity contribution in [2.24, 2.45) is 0 Å². The van der Waals surface area contributed by atoms with Gasteiger partial charge in [-0.3, -0.25) is 9.78 Å². The van der Waals surface area contributed by atoms with Crippen LogP contribution in [-0.2, 0) is 4.74 Å². The molecule has 0 atom stereocenters. The van der Waals surface area contributed by atoms with Crippen LogP contribution in [0.5, 0.6) is 11.5 Å². The van der Waals surface area contributed by atoms with Crippen molar-refractivity contribution in [1.82, 2.24) is 4.98 Å². The molecule has 0 aliphatic carbocycles. The molecular weight excluding hydrogens is 440 g/mol. The molecule has 1 heterocycles. The highest BCUT2D eigenvalue weighted by atomic mass is 16.5. The Morgan fingerprint density at radius 1 is 0.882 bits per heavy atom. The minimum atomic E-state index is -0.613. The third-order valence-corrected chi connectivity index (χ3v) is 4.59. The molecular formula is C24H24N4O6. The van der Waals surface area contributed by atoms with Crippen LogP contribution in [0.1, 0.15) is 27.6 Å². The van der Waals surface area contributed by atoms with E-state index in [4.69, 9.17) is 14.2 Å². The number of amides is 3. The number of ether oxygens (including phenoxy) is 3. The lowest BCUT2D eigenvalue weighted by atomic mass is 10.1. The highest BCUT2D eigenvalue weighted by molar-refractivity contribution is 6.09. The maximum atomic E-state index is 12.8. The summed E-state index contributed by atoms with van der Waals surface area (Å²) in [5, 5.41) is 8.02. The van der Waals surface area contributed by atoms with E-state index in [-0.39, 0.29) is 17.9 Å². The zero-order valence-corrected chi connectivity index (χ0v) is 18.9. The molecule has 0 saturated heterocycles. The predicted octanol–water partition coefficient (Wildman–Crippen LogP) is 4.17. The van der Waals surface area contributed by atoms with Crippen LogP contribution in [0.3, 0.4) is 0 Å². The van der Waals surface area contributed by atoms with Crippen molar-refractivity contribution in [2.45, 2.75) is 6.92 Å². The zero-order chi connectivity index (χ0) is 24.5. The van der Waals surface area contributed by atoms with Crippen molar-refractivity contribution < 1.29 is 28.6 Å². The molecule has 3 amide bonds. The molecule has 2 aromatic carbocycles. The number of carbonyl (C=O) groups excluding carboxylic acids is 3. The summed E-state index contributed by atoms with van der Waals surface area (Å²) in [7, 11) is 2.89. The van der Waals surface area contributed by atoms with Gasteiger partial charge in [0, 0.05) is 29.6 Å². The van der Waals surface area contributed by atoms with Crippen LogP contribution in [0.25, 0.3) is 0 Å². The van der Waals surface area contributed by atoms with E-state index < -0.39 is 17.9 Å². The highest BCUT2D eigenvalue weighted by Crippen LogP contribution is 2.34. The second-order valence-electron chi connectivity index (χ2n) is 6.83. The number of methoxy groups -OCH3 is 2. The van der Waals surface area contributed by atoms with Gasteiger partial charge in [0.2, 0.25) is 0 Å². The van der Waals surface area contributed by atoms with Gasteiger partial charge in [-0.2, -0.15) is 0 Å². The monoisotopic (exact) mass is 464 g/mol. The molecule has 0 unspecified atom stereocenters. The number of rotatable bonds is 8. The van der Waals surface area contributed by atoms with Crippen LogP contribution >= 0.6 is 0 Å². The molecule has 0 spiro atoms. The van der Waals surface area contributed by atoms with E-state index in [0.29, 0.717) is 28.4 Å². The summed E-state index contributed by atoms with van der Waals surface area (Å²) in [6.45, 7) is 1.85. The van der Waals surface area contributed by atoms with Gasteiger partial charge in [0.25, 0.3) is 5.91 Å². The Morgan fingerprint density at radius 3 is 2.18 bits per heavy atom. The second kappa shape index (κ2) is 11.3. The van der Waals surface area contributed by atoms with Gasteiger partial charge < -0.3 is 30.2 Å². The molecule has 0 aliphatic heterocycles. The summed E-state index contributed by atoms with van der Waals surface area (Å²) < 4.78 is 15.6. The number of pyridine rings is 1. The minimum Gasteiger partial charge on any atom is -0.493 e. The van der Waals surface area contributed by atoms with Crippen molar-refractivity contribution >= 4 is 35.0 Å². The fourth-order valence-electron chi connectivity index (χ4n) is 2.99. The number of esters is 1. The number of hydrogen-bond donors (Lipinski definition) is 3. The van der Waals surface area contributed by atoms with Crippen molar-refractivity contribution in [3.63, 3.8) is 0 Å². The fraction of sp³-hybridized carbons (Fsp3) is 0.167. The quantitative estimate of drug-likeness (QED) is 0.427. The number of aromatic nitrogens is 1. The van der Waals surface area contributed by atoms with E-state index in [1.807, 2.05) is 0 Å². The number of benzene rings is 2. The average Bonchev–Trinajstić information content (AvgIpc) is 2.84. The summed E-state index contributed by atoms with van der Waals surface area (Å²) in [6, 6.07) is 12.1. The molecule has 0 saturated carbocycles. The van der Waals surface area contributed by atoms with E-state index in [1.165, 1.54) is 32.5 Å². The van der Waals surface area contributed by atoms with Crippen LogP contribution in [-0.4, -0.2) is 43.7 Å². The molecule has 0 radical (unpaired) electrons. The first kappa shape index (κ1) is 24.1. The van der Waals surface area contributed by atoms with E-state index in [1.54, 1.807) is 49.5 Å². The second-order valence-corrected chi connectivity index (χ2v) is 6.83. The maximum Gasteiger partial charge on any atom is 0.340 e. The lowest BCUT2D eigenvalue weighted by molar-refractivity contribution is 0.0527. The topological polar surface area (TPSA) is 128 Å². The Labute approximate surface area is 196 Å². The van der Waals surface area contributed by atoms with E-state index in [2.05, 4.69) is 20.9 Å². The maximum absolute atomic E-state index is 12.8. The van der Waals surface area contributed by atoms with Gasteiger partial charge in [0.1, 0.15) is 0 Å². The first-order valence-corrected chi connectivity index (χ1v) is 10.3. The number of anilines is 3. The number of nitrogens with zero attached hydrogens (tertiary/aromatic N) is 1. The summed E-state index contributed by atoms with van der Waals surface area (Å²) in [4.78, 5) is 41.3. The van der Waals surface area contributed by atoms with Gasteiger partial charge in [-0.1, -0.05) is 0 Å². The number of nitrogens with one attached hydrogen (secondary N) is 3. The molecule has 0 bridgehead atoms. The lowest BCUT2D eigenvalue weighted by Crippen LogP contribution is -2.19. The SMILES string of the molecule is CCOC(=O)c1cc(OC)c(OC)cc1NC(=O)c1ccc(NC(=O)Nc2cccnc2)cc1. The zero-order valence-electron chi connectivity index (χ0n) is 18.9. The highest BCUT2D eigenvalue weighted by Gasteiger charge is 2.20. The largest absolute Gasteiger partial charge is 0.493 e. The Balaban J connectivity index is 1.73. The van der Waals surface area contributed by atoms with Gasteiger partial charge in [0.05, 0.1) is 44.0 Å². The molecule has 10 nitrogen and oxygen atoms in total.